The van der Waals surface area contributed by atoms with Crippen LogP contribution < -0.4 is 11.1 Å². The standard InChI is InChI=1S/C16H28N4O/c1-13-9-14(2)12-20(11-13)7-4-6-18-16(17)19-10-15-5-3-8-21-15/h3,5,8,13-14H,4,6-7,9-12H2,1-2H3,(H3,17,18,19)/t13-,14-/m1/s1. The van der Waals surface area contributed by atoms with Gasteiger partial charge in [0.15, 0.2) is 5.96 Å². The number of guanidine groups is 1. The highest BCUT2D eigenvalue weighted by Crippen LogP contribution is 2.20. The zero-order valence-corrected chi connectivity index (χ0v) is 13.2. The number of likely N-dealkylation sites (tertiary alicyclic amines) is 1. The van der Waals surface area contributed by atoms with E-state index in [0.29, 0.717) is 12.5 Å². The van der Waals surface area contributed by atoms with E-state index in [4.69, 9.17) is 10.2 Å². The number of hydrogen-bond donors (Lipinski definition) is 2. The van der Waals surface area contributed by atoms with E-state index >= 15 is 0 Å². The van der Waals surface area contributed by atoms with Crippen molar-refractivity contribution in [3.8, 4) is 0 Å². The number of nitrogens with two attached hydrogens (primary N) is 1. The molecule has 0 spiro atoms. The summed E-state index contributed by atoms with van der Waals surface area (Å²) in [5.41, 5.74) is 5.84. The van der Waals surface area contributed by atoms with Gasteiger partial charge in [-0.2, -0.15) is 0 Å². The Kier molecular flexibility index (Phi) is 6.11. The van der Waals surface area contributed by atoms with Crippen molar-refractivity contribution in [3.05, 3.63) is 24.2 Å². The van der Waals surface area contributed by atoms with E-state index in [9.17, 15) is 0 Å². The Morgan fingerprint density at radius 1 is 1.43 bits per heavy atom. The first-order valence-corrected chi connectivity index (χ1v) is 7.92. The number of furan rings is 1. The number of piperidine rings is 1. The Balaban J connectivity index is 1.59. The third kappa shape index (κ3) is 5.79. The van der Waals surface area contributed by atoms with Gasteiger partial charge >= 0.3 is 0 Å². The molecule has 1 fully saturated rings. The summed E-state index contributed by atoms with van der Waals surface area (Å²) >= 11 is 0. The van der Waals surface area contributed by atoms with Crippen LogP contribution in [0, 0.1) is 11.8 Å². The molecule has 21 heavy (non-hydrogen) atoms. The van der Waals surface area contributed by atoms with Gasteiger partial charge in [-0.15, -0.1) is 0 Å². The lowest BCUT2D eigenvalue weighted by Crippen LogP contribution is -2.40. The monoisotopic (exact) mass is 292 g/mol. The number of hydrogen-bond acceptors (Lipinski definition) is 3. The van der Waals surface area contributed by atoms with E-state index in [1.807, 2.05) is 12.1 Å². The number of nitrogens with one attached hydrogen (secondary N) is 1. The number of nitrogens with zero attached hydrogens (tertiary/aromatic N) is 2. The zero-order chi connectivity index (χ0) is 15.1. The van der Waals surface area contributed by atoms with Crippen LogP contribution in [0.5, 0.6) is 0 Å². The van der Waals surface area contributed by atoms with Crippen LogP contribution in [-0.4, -0.2) is 37.0 Å². The first kappa shape index (κ1) is 15.9. The van der Waals surface area contributed by atoms with Crippen LogP contribution in [0.25, 0.3) is 0 Å². The van der Waals surface area contributed by atoms with Gasteiger partial charge in [0.2, 0.25) is 0 Å². The molecule has 5 heteroatoms. The fraction of sp³-hybridized carbons (Fsp3) is 0.688. The summed E-state index contributed by atoms with van der Waals surface area (Å²) in [7, 11) is 0. The molecule has 0 aromatic carbocycles. The van der Waals surface area contributed by atoms with Crippen LogP contribution in [0.3, 0.4) is 0 Å². The van der Waals surface area contributed by atoms with Crippen LogP contribution >= 0.6 is 0 Å². The Morgan fingerprint density at radius 2 is 2.19 bits per heavy atom. The smallest absolute Gasteiger partial charge is 0.189 e. The first-order valence-electron chi connectivity index (χ1n) is 7.92. The van der Waals surface area contributed by atoms with E-state index in [0.717, 1.165) is 37.1 Å². The van der Waals surface area contributed by atoms with Crippen molar-refractivity contribution in [1.82, 2.24) is 10.2 Å². The number of aliphatic imine (C=N–C) groups is 1. The summed E-state index contributed by atoms with van der Waals surface area (Å²) in [4.78, 5) is 6.82. The average molecular weight is 292 g/mol. The maximum atomic E-state index is 5.84. The zero-order valence-electron chi connectivity index (χ0n) is 13.2. The summed E-state index contributed by atoms with van der Waals surface area (Å²) in [5.74, 6) is 2.96. The van der Waals surface area contributed by atoms with Crippen LogP contribution in [0.15, 0.2) is 27.8 Å². The van der Waals surface area contributed by atoms with Gasteiger partial charge in [-0.1, -0.05) is 13.8 Å². The van der Waals surface area contributed by atoms with E-state index in [1.165, 1.54) is 19.5 Å². The molecule has 1 aliphatic heterocycles. The predicted molar refractivity (Wildman–Crippen MR) is 86.0 cm³/mol. The van der Waals surface area contributed by atoms with Crippen molar-refractivity contribution >= 4 is 5.96 Å². The Hall–Kier alpha value is -1.49. The summed E-state index contributed by atoms with van der Waals surface area (Å²) in [6.07, 6.45) is 4.10. The van der Waals surface area contributed by atoms with E-state index in [1.54, 1.807) is 6.26 Å². The van der Waals surface area contributed by atoms with Crippen LogP contribution in [0.1, 0.15) is 32.4 Å². The minimum atomic E-state index is 0.492. The lowest BCUT2D eigenvalue weighted by Gasteiger charge is -2.34. The highest BCUT2D eigenvalue weighted by molar-refractivity contribution is 5.77. The molecule has 1 aliphatic rings. The fourth-order valence-corrected chi connectivity index (χ4v) is 3.12. The largest absolute Gasteiger partial charge is 0.467 e. The molecule has 5 nitrogen and oxygen atoms in total. The molecule has 3 N–H and O–H groups in total. The minimum absolute atomic E-state index is 0.492. The van der Waals surface area contributed by atoms with Crippen molar-refractivity contribution < 1.29 is 4.42 Å². The van der Waals surface area contributed by atoms with Gasteiger partial charge in [-0.25, -0.2) is 4.99 Å². The van der Waals surface area contributed by atoms with Crippen molar-refractivity contribution in [3.63, 3.8) is 0 Å². The summed E-state index contributed by atoms with van der Waals surface area (Å²) < 4.78 is 5.21. The number of rotatable bonds is 6. The molecule has 0 unspecified atom stereocenters. The lowest BCUT2D eigenvalue weighted by atomic mass is 9.92. The SMILES string of the molecule is C[C@@H]1C[C@@H](C)CN(CCCNC(N)=NCc2ccco2)C1. The van der Waals surface area contributed by atoms with Crippen molar-refractivity contribution in [2.24, 2.45) is 22.6 Å². The van der Waals surface area contributed by atoms with Gasteiger partial charge in [0.1, 0.15) is 12.3 Å². The normalized spacial score (nSPS) is 24.2. The third-order valence-corrected chi connectivity index (χ3v) is 3.89. The van der Waals surface area contributed by atoms with Crippen molar-refractivity contribution in [2.75, 3.05) is 26.2 Å². The second-order valence-electron chi connectivity index (χ2n) is 6.27. The topological polar surface area (TPSA) is 66.8 Å². The quantitative estimate of drug-likeness (QED) is 0.478. The molecule has 0 saturated carbocycles. The molecule has 0 radical (unpaired) electrons. The van der Waals surface area contributed by atoms with E-state index in [2.05, 4.69) is 29.1 Å². The fourth-order valence-electron chi connectivity index (χ4n) is 3.12. The molecule has 0 bridgehead atoms. The summed E-state index contributed by atoms with van der Waals surface area (Å²) in [6.45, 7) is 9.64. The summed E-state index contributed by atoms with van der Waals surface area (Å²) in [5, 5.41) is 3.17. The third-order valence-electron chi connectivity index (χ3n) is 3.89. The van der Waals surface area contributed by atoms with E-state index in [-0.39, 0.29) is 0 Å². The Labute approximate surface area is 127 Å². The van der Waals surface area contributed by atoms with Gasteiger partial charge in [0, 0.05) is 19.6 Å². The molecule has 1 aromatic heterocycles. The Morgan fingerprint density at radius 3 is 2.86 bits per heavy atom. The maximum absolute atomic E-state index is 5.84. The van der Waals surface area contributed by atoms with Crippen molar-refractivity contribution in [2.45, 2.75) is 33.2 Å². The highest BCUT2D eigenvalue weighted by Gasteiger charge is 2.20. The average Bonchev–Trinajstić information content (AvgIpc) is 2.93. The molecule has 2 heterocycles. The lowest BCUT2D eigenvalue weighted by molar-refractivity contribution is 0.140. The predicted octanol–water partition coefficient (Wildman–Crippen LogP) is 2.05. The van der Waals surface area contributed by atoms with E-state index < -0.39 is 0 Å². The molecule has 0 aliphatic carbocycles. The van der Waals surface area contributed by atoms with Crippen LogP contribution in [-0.2, 0) is 6.54 Å². The molecular weight excluding hydrogens is 264 g/mol. The molecule has 1 saturated heterocycles. The minimum Gasteiger partial charge on any atom is -0.467 e. The summed E-state index contributed by atoms with van der Waals surface area (Å²) in [6, 6.07) is 3.75. The second-order valence-corrected chi connectivity index (χ2v) is 6.27. The van der Waals surface area contributed by atoms with Gasteiger partial charge in [-0.05, 0) is 43.4 Å². The molecule has 1 aromatic rings. The highest BCUT2D eigenvalue weighted by atomic mass is 16.3. The van der Waals surface area contributed by atoms with Crippen LogP contribution in [0.4, 0.5) is 0 Å². The maximum Gasteiger partial charge on any atom is 0.189 e. The van der Waals surface area contributed by atoms with Gasteiger partial charge in [0.25, 0.3) is 0 Å². The molecule has 0 amide bonds. The second kappa shape index (κ2) is 8.08. The van der Waals surface area contributed by atoms with Gasteiger partial charge in [0.05, 0.1) is 6.26 Å². The van der Waals surface area contributed by atoms with Crippen LogP contribution in [0.2, 0.25) is 0 Å². The Bertz CT molecular complexity index is 419. The first-order chi connectivity index (χ1) is 10.1. The molecule has 2 rings (SSSR count). The van der Waals surface area contributed by atoms with Gasteiger partial charge < -0.3 is 20.4 Å². The molecule has 2 atom stereocenters. The van der Waals surface area contributed by atoms with Gasteiger partial charge in [-0.3, -0.25) is 0 Å². The molecule has 118 valence electrons. The van der Waals surface area contributed by atoms with Crippen molar-refractivity contribution in [1.29, 1.82) is 0 Å². The molecular formula is C16H28N4O.